The van der Waals surface area contributed by atoms with E-state index in [9.17, 15) is 9.90 Å². The van der Waals surface area contributed by atoms with Crippen LogP contribution in [0.25, 0.3) is 16.9 Å². The van der Waals surface area contributed by atoms with Crippen LogP contribution in [-0.4, -0.2) is 35.1 Å². The van der Waals surface area contributed by atoms with Gasteiger partial charge in [-0.1, -0.05) is 23.8 Å². The molecule has 3 aromatic rings. The van der Waals surface area contributed by atoms with Crippen molar-refractivity contribution in [2.45, 2.75) is 13.8 Å². The molecule has 0 aliphatic rings. The summed E-state index contributed by atoms with van der Waals surface area (Å²) in [6.45, 7) is 3.97. The highest BCUT2D eigenvalue weighted by atomic mass is 16.5. The van der Waals surface area contributed by atoms with Crippen LogP contribution in [0.15, 0.2) is 42.5 Å². The fraction of sp³-hybridized carbons (Fsp3) is 0.200. The predicted octanol–water partition coefficient (Wildman–Crippen LogP) is 3.87. The number of methoxy groups -OCH3 is 2. The van der Waals surface area contributed by atoms with Crippen LogP contribution in [0.4, 0.5) is 0 Å². The van der Waals surface area contributed by atoms with Crippen molar-refractivity contribution in [2.75, 3.05) is 14.2 Å². The van der Waals surface area contributed by atoms with Crippen LogP contribution in [0.5, 0.6) is 11.5 Å². The molecule has 0 saturated heterocycles. The summed E-state index contributed by atoms with van der Waals surface area (Å²) in [6, 6.07) is 12.9. The van der Waals surface area contributed by atoms with Crippen molar-refractivity contribution in [1.29, 1.82) is 0 Å². The number of aryl methyl sites for hydroxylation is 2. The molecule has 0 fully saturated rings. The van der Waals surface area contributed by atoms with Crippen molar-refractivity contribution >= 4 is 5.97 Å². The average molecular weight is 352 g/mol. The molecule has 0 saturated carbocycles. The lowest BCUT2D eigenvalue weighted by Gasteiger charge is -2.16. The summed E-state index contributed by atoms with van der Waals surface area (Å²) in [4.78, 5) is 11.5. The van der Waals surface area contributed by atoms with Gasteiger partial charge in [0.2, 0.25) is 0 Å². The number of benzene rings is 2. The molecule has 6 heteroatoms. The number of aromatic nitrogens is 2. The molecule has 6 nitrogen and oxygen atoms in total. The molecule has 0 amide bonds. The van der Waals surface area contributed by atoms with E-state index in [0.29, 0.717) is 22.8 Å². The van der Waals surface area contributed by atoms with Gasteiger partial charge in [0, 0.05) is 0 Å². The molecular weight excluding hydrogens is 332 g/mol. The second-order valence-corrected chi connectivity index (χ2v) is 5.96. The van der Waals surface area contributed by atoms with Gasteiger partial charge in [-0.2, -0.15) is 5.10 Å². The first-order chi connectivity index (χ1) is 12.5. The maximum absolute atomic E-state index is 11.5. The highest BCUT2D eigenvalue weighted by molar-refractivity contribution is 5.88. The monoisotopic (exact) mass is 352 g/mol. The summed E-state index contributed by atoms with van der Waals surface area (Å²) in [7, 11) is 3.13. The molecule has 0 aliphatic heterocycles. The fourth-order valence-corrected chi connectivity index (χ4v) is 2.99. The summed E-state index contributed by atoms with van der Waals surface area (Å²) in [5.41, 5.74) is 4.09. The number of hydrogen-bond donors (Lipinski definition) is 1. The highest BCUT2D eigenvalue weighted by Gasteiger charge is 2.22. The van der Waals surface area contributed by atoms with E-state index in [1.165, 1.54) is 6.07 Å². The van der Waals surface area contributed by atoms with E-state index < -0.39 is 5.97 Å². The lowest BCUT2D eigenvalue weighted by atomic mass is 10.1. The Morgan fingerprint density at radius 1 is 1.04 bits per heavy atom. The zero-order valence-electron chi connectivity index (χ0n) is 15.1. The zero-order chi connectivity index (χ0) is 18.8. The smallest absolute Gasteiger partial charge is 0.356 e. The molecule has 1 N–H and O–H groups in total. The Kier molecular flexibility index (Phi) is 4.67. The number of rotatable bonds is 5. The Bertz CT molecular complexity index is 954. The van der Waals surface area contributed by atoms with Crippen LogP contribution in [0.2, 0.25) is 0 Å². The van der Waals surface area contributed by atoms with Gasteiger partial charge < -0.3 is 14.6 Å². The van der Waals surface area contributed by atoms with Gasteiger partial charge in [0.1, 0.15) is 11.5 Å². The summed E-state index contributed by atoms with van der Waals surface area (Å²) < 4.78 is 12.6. The van der Waals surface area contributed by atoms with Gasteiger partial charge in [0.25, 0.3) is 0 Å². The van der Waals surface area contributed by atoms with E-state index in [-0.39, 0.29) is 5.69 Å². The number of ether oxygens (including phenoxy) is 2. The number of hydrogen-bond acceptors (Lipinski definition) is 4. The number of aromatic carboxylic acids is 1. The zero-order valence-corrected chi connectivity index (χ0v) is 15.1. The van der Waals surface area contributed by atoms with Crippen LogP contribution in [0, 0.1) is 13.8 Å². The van der Waals surface area contributed by atoms with Gasteiger partial charge in [-0.05, 0) is 43.7 Å². The molecular formula is C20H20N2O4. The maximum Gasteiger partial charge on any atom is 0.356 e. The number of carbonyl (C=O) groups is 1. The quantitative estimate of drug-likeness (QED) is 0.754. The second kappa shape index (κ2) is 6.92. The summed E-state index contributed by atoms with van der Waals surface area (Å²) in [5, 5.41) is 13.7. The summed E-state index contributed by atoms with van der Waals surface area (Å²) in [6.07, 6.45) is 0. The van der Waals surface area contributed by atoms with Crippen molar-refractivity contribution < 1.29 is 19.4 Å². The minimum absolute atomic E-state index is 0.0482. The van der Waals surface area contributed by atoms with E-state index in [4.69, 9.17) is 9.47 Å². The normalized spacial score (nSPS) is 10.6. The van der Waals surface area contributed by atoms with Crippen LogP contribution >= 0.6 is 0 Å². The Hall–Kier alpha value is -3.28. The van der Waals surface area contributed by atoms with E-state index >= 15 is 0 Å². The topological polar surface area (TPSA) is 73.6 Å². The second-order valence-electron chi connectivity index (χ2n) is 5.96. The van der Waals surface area contributed by atoms with Crippen molar-refractivity contribution in [3.05, 3.63) is 59.3 Å². The number of carboxylic acid groups (broad SMARTS) is 1. The standard InChI is InChI=1S/C20H20N2O4/c1-12-8-9-15(13(2)10-12)22-16(11-14(21-22)20(23)24)19-17(25-3)6-5-7-18(19)26-4/h5-11H,1-4H3,(H,23,24). The largest absolute Gasteiger partial charge is 0.496 e. The first-order valence-electron chi connectivity index (χ1n) is 8.08. The predicted molar refractivity (Wildman–Crippen MR) is 98.5 cm³/mol. The lowest BCUT2D eigenvalue weighted by Crippen LogP contribution is -2.05. The molecule has 0 spiro atoms. The van der Waals surface area contributed by atoms with Crippen LogP contribution in [-0.2, 0) is 0 Å². The van der Waals surface area contributed by atoms with Crippen molar-refractivity contribution in [2.24, 2.45) is 0 Å². The van der Waals surface area contributed by atoms with Crippen LogP contribution in [0.1, 0.15) is 21.6 Å². The Morgan fingerprint density at radius 3 is 2.23 bits per heavy atom. The number of nitrogens with zero attached hydrogens (tertiary/aromatic N) is 2. The third-order valence-electron chi connectivity index (χ3n) is 4.19. The highest BCUT2D eigenvalue weighted by Crippen LogP contribution is 2.39. The van der Waals surface area contributed by atoms with E-state index in [2.05, 4.69) is 5.10 Å². The Morgan fingerprint density at radius 2 is 1.69 bits per heavy atom. The van der Waals surface area contributed by atoms with E-state index in [1.807, 2.05) is 38.1 Å². The van der Waals surface area contributed by atoms with Gasteiger partial charge in [-0.25, -0.2) is 9.48 Å². The maximum atomic E-state index is 11.5. The molecule has 0 aliphatic carbocycles. The van der Waals surface area contributed by atoms with E-state index in [0.717, 1.165) is 16.8 Å². The minimum Gasteiger partial charge on any atom is -0.496 e. The van der Waals surface area contributed by atoms with Gasteiger partial charge >= 0.3 is 5.97 Å². The third-order valence-corrected chi connectivity index (χ3v) is 4.19. The molecule has 3 rings (SSSR count). The summed E-state index contributed by atoms with van der Waals surface area (Å²) >= 11 is 0. The molecule has 0 bridgehead atoms. The van der Waals surface area contributed by atoms with Gasteiger partial charge in [-0.15, -0.1) is 0 Å². The third kappa shape index (κ3) is 3.01. The van der Waals surface area contributed by atoms with Crippen molar-refractivity contribution in [3.63, 3.8) is 0 Å². The average Bonchev–Trinajstić information content (AvgIpc) is 3.05. The van der Waals surface area contributed by atoms with Gasteiger partial charge in [0.15, 0.2) is 5.69 Å². The van der Waals surface area contributed by atoms with Gasteiger partial charge in [0.05, 0.1) is 31.2 Å². The number of carboxylic acids is 1. The molecule has 134 valence electrons. The first-order valence-corrected chi connectivity index (χ1v) is 8.08. The lowest BCUT2D eigenvalue weighted by molar-refractivity contribution is 0.0690. The SMILES string of the molecule is COc1cccc(OC)c1-c1cc(C(=O)O)nn1-c1ccc(C)cc1C. The molecule has 2 aromatic carbocycles. The van der Waals surface area contributed by atoms with Gasteiger partial charge in [-0.3, -0.25) is 0 Å². The molecule has 1 heterocycles. The molecule has 0 atom stereocenters. The molecule has 26 heavy (non-hydrogen) atoms. The van der Waals surface area contributed by atoms with Crippen molar-refractivity contribution in [1.82, 2.24) is 9.78 Å². The molecule has 1 aromatic heterocycles. The van der Waals surface area contributed by atoms with E-state index in [1.54, 1.807) is 31.0 Å². The fourth-order valence-electron chi connectivity index (χ4n) is 2.99. The minimum atomic E-state index is -1.09. The summed E-state index contributed by atoms with van der Waals surface area (Å²) in [5.74, 6) is 0.0584. The van der Waals surface area contributed by atoms with Crippen molar-refractivity contribution in [3.8, 4) is 28.4 Å². The first kappa shape index (κ1) is 17.5. The van der Waals surface area contributed by atoms with Crippen LogP contribution < -0.4 is 9.47 Å². The Balaban J connectivity index is 2.34. The Labute approximate surface area is 151 Å². The molecule has 0 unspecified atom stereocenters. The molecule has 0 radical (unpaired) electrons. The van der Waals surface area contributed by atoms with Crippen LogP contribution in [0.3, 0.4) is 0 Å².